The van der Waals surface area contributed by atoms with Gasteiger partial charge in [0.05, 0.1) is 23.0 Å². The summed E-state index contributed by atoms with van der Waals surface area (Å²) >= 11 is 3.53. The molecule has 2 aromatic heterocycles. The van der Waals surface area contributed by atoms with Crippen molar-refractivity contribution >= 4 is 38.4 Å². The number of nitrogens with zero attached hydrogens (tertiary/aromatic N) is 3. The van der Waals surface area contributed by atoms with Crippen LogP contribution in [0.15, 0.2) is 47.6 Å². The van der Waals surface area contributed by atoms with E-state index >= 15 is 0 Å². The van der Waals surface area contributed by atoms with Gasteiger partial charge in [-0.2, -0.15) is 0 Å². The van der Waals surface area contributed by atoms with Gasteiger partial charge in [-0.1, -0.05) is 17.4 Å². The molecule has 23 heavy (non-hydrogen) atoms. The first-order valence-corrected chi connectivity index (χ1v) is 9.59. The number of hydrogen-bond donors (Lipinski definition) is 0. The fraction of sp³-hybridized carbons (Fsp3) is 0.294. The molecule has 1 aliphatic heterocycles. The number of rotatable bonds is 5. The monoisotopic (exact) mass is 343 g/mol. The Morgan fingerprint density at radius 1 is 1.30 bits per heavy atom. The van der Waals surface area contributed by atoms with Crippen LogP contribution in [-0.4, -0.2) is 35.9 Å². The van der Waals surface area contributed by atoms with Crippen LogP contribution in [0.1, 0.15) is 0 Å². The topological polar surface area (TPSA) is 38.2 Å². The number of hydrogen-bond acceptors (Lipinski definition) is 6. The van der Waals surface area contributed by atoms with Gasteiger partial charge in [-0.3, -0.25) is 4.98 Å². The van der Waals surface area contributed by atoms with Gasteiger partial charge in [0.15, 0.2) is 5.13 Å². The Balaban J connectivity index is 1.38. The molecule has 1 aliphatic rings. The highest BCUT2D eigenvalue weighted by molar-refractivity contribution is 7.98. The van der Waals surface area contributed by atoms with Crippen molar-refractivity contribution in [2.24, 2.45) is 5.92 Å². The average molecular weight is 343 g/mol. The summed E-state index contributed by atoms with van der Waals surface area (Å²) in [7, 11) is 0. The van der Waals surface area contributed by atoms with Crippen molar-refractivity contribution in [3.63, 3.8) is 0 Å². The molecule has 0 atom stereocenters. The minimum atomic E-state index is 0.558. The first-order valence-electron chi connectivity index (χ1n) is 7.55. The molecule has 1 saturated heterocycles. The normalized spacial score (nSPS) is 14.9. The summed E-state index contributed by atoms with van der Waals surface area (Å²) in [6.07, 6.45) is 5.62. The van der Waals surface area contributed by atoms with Crippen LogP contribution in [-0.2, 0) is 0 Å². The minimum absolute atomic E-state index is 0.558. The second-order valence-corrected chi connectivity index (χ2v) is 7.43. The van der Waals surface area contributed by atoms with Gasteiger partial charge >= 0.3 is 0 Å². The SMILES string of the molecule is CSc1cccc2sc(N3CC(COc4cccnc4)C3)nc12. The minimum Gasteiger partial charge on any atom is -0.492 e. The van der Waals surface area contributed by atoms with Crippen LogP contribution in [0, 0.1) is 5.92 Å². The number of para-hydroxylation sites is 1. The van der Waals surface area contributed by atoms with E-state index in [0.29, 0.717) is 5.92 Å². The lowest BCUT2D eigenvalue weighted by molar-refractivity contribution is 0.220. The third-order valence-electron chi connectivity index (χ3n) is 3.94. The van der Waals surface area contributed by atoms with E-state index in [-0.39, 0.29) is 0 Å². The van der Waals surface area contributed by atoms with Gasteiger partial charge in [-0.25, -0.2) is 4.98 Å². The van der Waals surface area contributed by atoms with Gasteiger partial charge in [0.25, 0.3) is 0 Å². The van der Waals surface area contributed by atoms with E-state index in [4.69, 9.17) is 9.72 Å². The van der Waals surface area contributed by atoms with Gasteiger partial charge < -0.3 is 9.64 Å². The van der Waals surface area contributed by atoms with E-state index in [1.54, 1.807) is 35.5 Å². The smallest absolute Gasteiger partial charge is 0.186 e. The van der Waals surface area contributed by atoms with Crippen LogP contribution in [0.25, 0.3) is 10.2 Å². The second-order valence-electron chi connectivity index (χ2n) is 5.57. The van der Waals surface area contributed by atoms with Crippen molar-refractivity contribution in [1.29, 1.82) is 0 Å². The van der Waals surface area contributed by atoms with Gasteiger partial charge in [0, 0.05) is 30.1 Å². The Hall–Kier alpha value is -1.79. The Morgan fingerprint density at radius 3 is 3.00 bits per heavy atom. The predicted molar refractivity (Wildman–Crippen MR) is 96.8 cm³/mol. The third-order valence-corrected chi connectivity index (χ3v) is 5.79. The van der Waals surface area contributed by atoms with Crippen molar-refractivity contribution in [2.45, 2.75) is 4.90 Å². The zero-order valence-electron chi connectivity index (χ0n) is 12.8. The summed E-state index contributed by atoms with van der Waals surface area (Å²) in [5.41, 5.74) is 1.13. The van der Waals surface area contributed by atoms with Crippen molar-refractivity contribution in [2.75, 3.05) is 30.9 Å². The number of thioether (sulfide) groups is 1. The Kier molecular flexibility index (Phi) is 4.10. The molecule has 4 rings (SSSR count). The van der Waals surface area contributed by atoms with E-state index in [2.05, 4.69) is 34.3 Å². The predicted octanol–water partition coefficient (Wildman–Crippen LogP) is 3.93. The molecule has 1 aromatic carbocycles. The zero-order chi connectivity index (χ0) is 15.6. The highest BCUT2D eigenvalue weighted by atomic mass is 32.2. The fourth-order valence-electron chi connectivity index (χ4n) is 2.69. The van der Waals surface area contributed by atoms with Crippen LogP contribution in [0.2, 0.25) is 0 Å². The Bertz CT molecular complexity index is 800. The van der Waals surface area contributed by atoms with Gasteiger partial charge in [0.1, 0.15) is 5.75 Å². The molecule has 0 N–H and O–H groups in total. The highest BCUT2D eigenvalue weighted by Crippen LogP contribution is 2.36. The third kappa shape index (κ3) is 3.01. The molecular weight excluding hydrogens is 326 g/mol. The van der Waals surface area contributed by atoms with Crippen LogP contribution < -0.4 is 9.64 Å². The first-order chi connectivity index (χ1) is 11.3. The quantitative estimate of drug-likeness (QED) is 0.656. The number of thiazole rings is 1. The second kappa shape index (κ2) is 6.37. The van der Waals surface area contributed by atoms with E-state index in [9.17, 15) is 0 Å². The summed E-state index contributed by atoms with van der Waals surface area (Å²) in [4.78, 5) is 12.5. The van der Waals surface area contributed by atoms with Crippen LogP contribution in [0.4, 0.5) is 5.13 Å². The molecule has 0 spiro atoms. The van der Waals surface area contributed by atoms with E-state index in [1.807, 2.05) is 12.1 Å². The van der Waals surface area contributed by atoms with Crippen molar-refractivity contribution in [3.05, 3.63) is 42.7 Å². The molecule has 0 amide bonds. The summed E-state index contributed by atoms with van der Waals surface area (Å²) in [6, 6.07) is 10.2. The van der Waals surface area contributed by atoms with Crippen LogP contribution in [0.5, 0.6) is 5.75 Å². The van der Waals surface area contributed by atoms with E-state index in [0.717, 1.165) is 36.1 Å². The maximum absolute atomic E-state index is 5.78. The summed E-state index contributed by atoms with van der Waals surface area (Å²) < 4.78 is 7.05. The molecule has 1 fully saturated rings. The summed E-state index contributed by atoms with van der Waals surface area (Å²) in [5, 5.41) is 1.12. The first kappa shape index (κ1) is 14.8. The summed E-state index contributed by atoms with van der Waals surface area (Å²) in [5.74, 6) is 1.40. The molecule has 0 bridgehead atoms. The molecule has 0 aliphatic carbocycles. The van der Waals surface area contributed by atoms with Crippen molar-refractivity contribution in [3.8, 4) is 5.75 Å². The number of anilines is 1. The van der Waals surface area contributed by atoms with Crippen LogP contribution >= 0.6 is 23.1 Å². The van der Waals surface area contributed by atoms with Gasteiger partial charge in [-0.05, 0) is 30.5 Å². The lowest BCUT2D eigenvalue weighted by Gasteiger charge is -2.38. The molecule has 118 valence electrons. The average Bonchev–Trinajstić information content (AvgIpc) is 2.97. The van der Waals surface area contributed by atoms with Crippen molar-refractivity contribution in [1.82, 2.24) is 9.97 Å². The molecule has 0 radical (unpaired) electrons. The summed E-state index contributed by atoms with van der Waals surface area (Å²) in [6.45, 7) is 2.76. The molecule has 3 heterocycles. The number of ether oxygens (including phenoxy) is 1. The molecular formula is C17H17N3OS2. The Morgan fingerprint density at radius 2 is 2.22 bits per heavy atom. The maximum atomic E-state index is 5.78. The van der Waals surface area contributed by atoms with Crippen molar-refractivity contribution < 1.29 is 4.74 Å². The highest BCUT2D eigenvalue weighted by Gasteiger charge is 2.29. The molecule has 6 heteroatoms. The fourth-order valence-corrected chi connectivity index (χ4v) is 4.33. The lowest BCUT2D eigenvalue weighted by atomic mass is 10.0. The standard InChI is InChI=1S/C17H17N3OS2/c1-22-14-5-2-6-15-16(14)19-17(23-15)20-9-12(10-20)11-21-13-4-3-7-18-8-13/h2-8,12H,9-11H2,1H3. The number of fused-ring (bicyclic) bond motifs is 1. The van der Waals surface area contributed by atoms with E-state index in [1.165, 1.54) is 9.60 Å². The number of aromatic nitrogens is 2. The number of pyridine rings is 1. The molecule has 0 unspecified atom stereocenters. The molecule has 0 saturated carbocycles. The molecule has 3 aromatic rings. The Labute approximate surface area is 143 Å². The van der Waals surface area contributed by atoms with Gasteiger partial charge in [0.2, 0.25) is 0 Å². The molecule has 4 nitrogen and oxygen atoms in total. The van der Waals surface area contributed by atoms with Gasteiger partial charge in [-0.15, -0.1) is 11.8 Å². The number of benzene rings is 1. The largest absolute Gasteiger partial charge is 0.492 e. The van der Waals surface area contributed by atoms with E-state index < -0.39 is 0 Å². The zero-order valence-corrected chi connectivity index (χ0v) is 14.4. The lowest BCUT2D eigenvalue weighted by Crippen LogP contribution is -2.49. The maximum Gasteiger partial charge on any atom is 0.186 e. The van der Waals surface area contributed by atoms with Crippen LogP contribution in [0.3, 0.4) is 0 Å².